The number of aromatic nitrogens is 3. The number of rotatable bonds is 2. The lowest BCUT2D eigenvalue weighted by atomic mass is 10.1. The maximum absolute atomic E-state index is 8.90. The first kappa shape index (κ1) is 13.0. The van der Waals surface area contributed by atoms with Gasteiger partial charge in [-0.05, 0) is 49.2 Å². The molecule has 0 N–H and O–H groups in total. The van der Waals surface area contributed by atoms with Crippen LogP contribution < -0.4 is 0 Å². The van der Waals surface area contributed by atoms with Crippen molar-refractivity contribution >= 4 is 0 Å². The van der Waals surface area contributed by atoms with E-state index in [2.05, 4.69) is 21.2 Å². The first-order chi connectivity index (χ1) is 10.2. The summed E-state index contributed by atoms with van der Waals surface area (Å²) in [6.45, 7) is 3.88. The average molecular weight is 276 g/mol. The van der Waals surface area contributed by atoms with Crippen molar-refractivity contribution in [3.05, 3.63) is 53.3 Å². The maximum atomic E-state index is 8.90. The average Bonchev–Trinajstić information content (AvgIpc) is 2.97. The molecule has 2 heterocycles. The number of pyridine rings is 1. The molecule has 0 aliphatic heterocycles. The van der Waals surface area contributed by atoms with Crippen LogP contribution in [0.1, 0.15) is 16.7 Å². The second-order valence-corrected chi connectivity index (χ2v) is 4.76. The number of hydrogen-bond acceptors (Lipinski definition) is 5. The van der Waals surface area contributed by atoms with Crippen molar-refractivity contribution in [1.82, 2.24) is 15.1 Å². The minimum absolute atomic E-state index is 0.440. The van der Waals surface area contributed by atoms with Crippen molar-refractivity contribution in [1.29, 1.82) is 5.26 Å². The zero-order chi connectivity index (χ0) is 14.8. The number of nitrogens with zero attached hydrogens (tertiary/aromatic N) is 4. The summed E-state index contributed by atoms with van der Waals surface area (Å²) >= 11 is 0. The van der Waals surface area contributed by atoms with E-state index in [0.717, 1.165) is 22.3 Å². The van der Waals surface area contributed by atoms with E-state index in [1.54, 1.807) is 24.5 Å². The Balaban J connectivity index is 2.03. The van der Waals surface area contributed by atoms with Crippen molar-refractivity contribution in [2.24, 2.45) is 0 Å². The van der Waals surface area contributed by atoms with Gasteiger partial charge in [0.15, 0.2) is 0 Å². The molecular weight excluding hydrogens is 264 g/mol. The van der Waals surface area contributed by atoms with Crippen LogP contribution in [0.25, 0.3) is 22.8 Å². The highest BCUT2D eigenvalue weighted by atomic mass is 16.5. The van der Waals surface area contributed by atoms with Gasteiger partial charge in [-0.1, -0.05) is 5.16 Å². The highest BCUT2D eigenvalue weighted by Crippen LogP contribution is 2.26. The topological polar surface area (TPSA) is 75.6 Å². The molecule has 0 amide bonds. The molecule has 21 heavy (non-hydrogen) atoms. The highest BCUT2D eigenvalue weighted by molar-refractivity contribution is 5.64. The van der Waals surface area contributed by atoms with E-state index in [1.165, 1.54) is 0 Å². The van der Waals surface area contributed by atoms with Gasteiger partial charge in [0.1, 0.15) is 0 Å². The van der Waals surface area contributed by atoms with Crippen LogP contribution >= 0.6 is 0 Å². The Labute approximate surface area is 121 Å². The third-order valence-corrected chi connectivity index (χ3v) is 3.29. The van der Waals surface area contributed by atoms with Gasteiger partial charge in [0.25, 0.3) is 5.89 Å². The zero-order valence-electron chi connectivity index (χ0n) is 11.7. The molecule has 5 nitrogen and oxygen atoms in total. The van der Waals surface area contributed by atoms with E-state index in [1.807, 2.05) is 26.0 Å². The normalized spacial score (nSPS) is 10.3. The molecule has 102 valence electrons. The van der Waals surface area contributed by atoms with E-state index in [0.29, 0.717) is 17.3 Å². The van der Waals surface area contributed by atoms with Crippen molar-refractivity contribution in [3.63, 3.8) is 0 Å². The van der Waals surface area contributed by atoms with E-state index in [-0.39, 0.29) is 0 Å². The lowest BCUT2D eigenvalue weighted by molar-refractivity contribution is 0.432. The molecule has 1 aromatic carbocycles. The molecule has 0 atom stereocenters. The van der Waals surface area contributed by atoms with Crippen molar-refractivity contribution < 1.29 is 4.52 Å². The molecule has 0 saturated carbocycles. The number of nitriles is 1. The van der Waals surface area contributed by atoms with Gasteiger partial charge in [0.2, 0.25) is 5.82 Å². The Bertz CT molecular complexity index is 845. The summed E-state index contributed by atoms with van der Waals surface area (Å²) < 4.78 is 5.34. The number of hydrogen-bond donors (Lipinski definition) is 0. The van der Waals surface area contributed by atoms with Gasteiger partial charge < -0.3 is 4.52 Å². The third kappa shape index (κ3) is 2.39. The van der Waals surface area contributed by atoms with Gasteiger partial charge in [-0.3, -0.25) is 4.98 Å². The Morgan fingerprint density at radius 3 is 2.67 bits per heavy atom. The minimum Gasteiger partial charge on any atom is -0.334 e. The van der Waals surface area contributed by atoms with Crippen molar-refractivity contribution in [2.45, 2.75) is 13.8 Å². The van der Waals surface area contributed by atoms with Crippen molar-refractivity contribution in [2.75, 3.05) is 0 Å². The Hall–Kier alpha value is -3.00. The summed E-state index contributed by atoms with van der Waals surface area (Å²) in [5.74, 6) is 0.953. The molecule has 2 aromatic heterocycles. The third-order valence-electron chi connectivity index (χ3n) is 3.29. The summed E-state index contributed by atoms with van der Waals surface area (Å²) in [5, 5.41) is 12.9. The fourth-order valence-corrected chi connectivity index (χ4v) is 2.11. The van der Waals surface area contributed by atoms with Gasteiger partial charge in [-0.25, -0.2) is 0 Å². The lowest BCUT2D eigenvalue weighted by Gasteiger charge is -2.00. The van der Waals surface area contributed by atoms with Crippen LogP contribution in [0, 0.1) is 25.2 Å². The zero-order valence-corrected chi connectivity index (χ0v) is 11.7. The molecule has 0 aliphatic carbocycles. The first-order valence-corrected chi connectivity index (χ1v) is 6.45. The van der Waals surface area contributed by atoms with E-state index < -0.39 is 0 Å². The fourth-order valence-electron chi connectivity index (χ4n) is 2.11. The predicted molar refractivity (Wildman–Crippen MR) is 77.2 cm³/mol. The van der Waals surface area contributed by atoms with Crippen LogP contribution in [0.2, 0.25) is 0 Å². The van der Waals surface area contributed by atoms with E-state index >= 15 is 0 Å². The fraction of sp³-hybridized carbons (Fsp3) is 0.125. The Morgan fingerprint density at radius 2 is 1.95 bits per heavy atom. The SMILES string of the molecule is Cc1ccncc1-c1noc(-c2ccc(C#N)cc2C)n1. The standard InChI is InChI=1S/C16H12N4O/c1-10-5-6-18-9-14(10)15-19-16(21-20-15)13-4-3-12(8-17)7-11(13)2/h3-7,9H,1-2H3. The second kappa shape index (κ2) is 5.17. The lowest BCUT2D eigenvalue weighted by Crippen LogP contribution is -1.88. The monoisotopic (exact) mass is 276 g/mol. The smallest absolute Gasteiger partial charge is 0.258 e. The molecule has 3 rings (SSSR count). The second-order valence-electron chi connectivity index (χ2n) is 4.76. The molecule has 0 unspecified atom stereocenters. The Kier molecular flexibility index (Phi) is 3.20. The Morgan fingerprint density at radius 1 is 1.10 bits per heavy atom. The summed E-state index contributed by atoms with van der Waals surface area (Å²) in [7, 11) is 0. The molecule has 5 heteroatoms. The quantitative estimate of drug-likeness (QED) is 0.717. The molecule has 3 aromatic rings. The van der Waals surface area contributed by atoms with Crippen LogP contribution in [0.5, 0.6) is 0 Å². The molecule has 0 radical (unpaired) electrons. The van der Waals surface area contributed by atoms with Crippen LogP contribution in [-0.4, -0.2) is 15.1 Å². The summed E-state index contributed by atoms with van der Waals surface area (Å²) in [6, 6.07) is 9.37. The molecular formula is C16H12N4O. The highest BCUT2D eigenvalue weighted by Gasteiger charge is 2.14. The summed E-state index contributed by atoms with van der Waals surface area (Å²) in [6.07, 6.45) is 3.44. The van der Waals surface area contributed by atoms with E-state index in [4.69, 9.17) is 9.78 Å². The van der Waals surface area contributed by atoms with Gasteiger partial charge in [-0.15, -0.1) is 0 Å². The first-order valence-electron chi connectivity index (χ1n) is 6.45. The van der Waals surface area contributed by atoms with Crippen LogP contribution in [0.3, 0.4) is 0 Å². The van der Waals surface area contributed by atoms with Gasteiger partial charge in [0, 0.05) is 23.5 Å². The van der Waals surface area contributed by atoms with Crippen molar-refractivity contribution in [3.8, 4) is 28.9 Å². The molecule has 0 saturated heterocycles. The van der Waals surface area contributed by atoms with Gasteiger partial charge in [0.05, 0.1) is 11.6 Å². The predicted octanol–water partition coefficient (Wildman–Crippen LogP) is 3.29. The summed E-state index contributed by atoms with van der Waals surface area (Å²) in [4.78, 5) is 8.51. The van der Waals surface area contributed by atoms with E-state index in [9.17, 15) is 0 Å². The number of aryl methyl sites for hydroxylation is 2. The van der Waals surface area contributed by atoms with Crippen LogP contribution in [0.4, 0.5) is 0 Å². The maximum Gasteiger partial charge on any atom is 0.258 e. The minimum atomic E-state index is 0.440. The molecule has 0 spiro atoms. The number of benzene rings is 1. The molecule has 0 bridgehead atoms. The molecule has 0 aliphatic rings. The van der Waals surface area contributed by atoms with Crippen LogP contribution in [0.15, 0.2) is 41.2 Å². The largest absolute Gasteiger partial charge is 0.334 e. The van der Waals surface area contributed by atoms with Crippen LogP contribution in [-0.2, 0) is 0 Å². The van der Waals surface area contributed by atoms with Gasteiger partial charge >= 0.3 is 0 Å². The molecule has 0 fully saturated rings. The summed E-state index contributed by atoms with van der Waals surface area (Å²) in [5.41, 5.74) is 4.24. The van der Waals surface area contributed by atoms with Gasteiger partial charge in [-0.2, -0.15) is 10.2 Å².